The second kappa shape index (κ2) is 6.00. The molecule has 0 aromatic heterocycles. The molecule has 3 aliphatic heterocycles. The zero-order valence-electron chi connectivity index (χ0n) is 14.2. The number of nitrogens with zero attached hydrogens (tertiary/aromatic N) is 3. The first kappa shape index (κ1) is 15.2. The van der Waals surface area contributed by atoms with E-state index in [9.17, 15) is 4.79 Å². The molecule has 0 saturated carbocycles. The van der Waals surface area contributed by atoms with Crippen LogP contribution in [0, 0.1) is 0 Å². The molecule has 0 unspecified atom stereocenters. The van der Waals surface area contributed by atoms with Gasteiger partial charge in [-0.3, -0.25) is 4.79 Å². The summed E-state index contributed by atoms with van der Waals surface area (Å²) in [5, 5.41) is 5.59. The lowest BCUT2D eigenvalue weighted by Gasteiger charge is -2.29. The van der Waals surface area contributed by atoms with Gasteiger partial charge in [0.1, 0.15) is 5.69 Å². The van der Waals surface area contributed by atoms with E-state index in [1.165, 1.54) is 4.68 Å². The van der Waals surface area contributed by atoms with Crippen molar-refractivity contribution < 1.29 is 4.74 Å². The van der Waals surface area contributed by atoms with Gasteiger partial charge in [-0.05, 0) is 30.3 Å². The predicted octanol–water partition coefficient (Wildman–Crippen LogP) is 2.66. The van der Waals surface area contributed by atoms with Gasteiger partial charge in [-0.2, -0.15) is 9.78 Å². The SMILES string of the molecule is O=c1c2c[nH]c3ccc(N4CCOCC4)cc3c-2nn1-c1ccccc1. The second-order valence-corrected chi connectivity index (χ2v) is 6.43. The van der Waals surface area contributed by atoms with Gasteiger partial charge in [0.15, 0.2) is 0 Å². The Kier molecular flexibility index (Phi) is 3.50. The van der Waals surface area contributed by atoms with Crippen molar-refractivity contribution in [3.05, 3.63) is 65.1 Å². The van der Waals surface area contributed by atoms with Crippen LogP contribution in [-0.2, 0) is 4.74 Å². The lowest BCUT2D eigenvalue weighted by molar-refractivity contribution is 0.122. The van der Waals surface area contributed by atoms with E-state index in [-0.39, 0.29) is 5.56 Å². The van der Waals surface area contributed by atoms with Crippen molar-refractivity contribution in [2.75, 3.05) is 31.2 Å². The minimum Gasteiger partial charge on any atom is -0.378 e. The van der Waals surface area contributed by atoms with Gasteiger partial charge in [0.2, 0.25) is 0 Å². The Balaban J connectivity index is 1.70. The second-order valence-electron chi connectivity index (χ2n) is 6.43. The lowest BCUT2D eigenvalue weighted by atomic mass is 10.1. The number of para-hydroxylation sites is 1. The van der Waals surface area contributed by atoms with Crippen LogP contribution in [0.5, 0.6) is 0 Å². The van der Waals surface area contributed by atoms with E-state index in [4.69, 9.17) is 4.74 Å². The maximum absolute atomic E-state index is 12.8. The summed E-state index contributed by atoms with van der Waals surface area (Å²) < 4.78 is 6.91. The van der Waals surface area contributed by atoms with Crippen molar-refractivity contribution in [3.8, 4) is 16.9 Å². The maximum Gasteiger partial charge on any atom is 0.282 e. The van der Waals surface area contributed by atoms with Crippen molar-refractivity contribution in [2.45, 2.75) is 0 Å². The van der Waals surface area contributed by atoms with E-state index in [1.54, 1.807) is 6.20 Å². The predicted molar refractivity (Wildman–Crippen MR) is 101 cm³/mol. The fourth-order valence-corrected chi connectivity index (χ4v) is 3.51. The molecule has 2 aromatic rings. The van der Waals surface area contributed by atoms with E-state index in [2.05, 4.69) is 27.1 Å². The first-order valence-electron chi connectivity index (χ1n) is 8.73. The zero-order chi connectivity index (χ0) is 17.5. The summed E-state index contributed by atoms with van der Waals surface area (Å²) in [4.78, 5) is 18.3. The number of hydrogen-bond donors (Lipinski definition) is 1. The number of rotatable bonds is 2. The molecule has 3 aliphatic rings. The van der Waals surface area contributed by atoms with Crippen LogP contribution >= 0.6 is 0 Å². The molecule has 6 heteroatoms. The van der Waals surface area contributed by atoms with Gasteiger partial charge < -0.3 is 14.6 Å². The molecule has 1 fully saturated rings. The van der Waals surface area contributed by atoms with Gasteiger partial charge >= 0.3 is 0 Å². The Morgan fingerprint density at radius 3 is 2.62 bits per heavy atom. The number of nitrogens with one attached hydrogen (secondary N) is 1. The molecule has 3 heterocycles. The minimum absolute atomic E-state index is 0.110. The first-order valence-corrected chi connectivity index (χ1v) is 8.73. The smallest absolute Gasteiger partial charge is 0.282 e. The molecule has 0 spiro atoms. The van der Waals surface area contributed by atoms with Gasteiger partial charge in [0, 0.05) is 35.9 Å². The molecule has 6 nitrogen and oxygen atoms in total. The zero-order valence-corrected chi connectivity index (χ0v) is 14.2. The highest BCUT2D eigenvalue weighted by Crippen LogP contribution is 2.29. The number of benzene rings is 2. The molecular weight excluding hydrogens is 328 g/mol. The van der Waals surface area contributed by atoms with Crippen molar-refractivity contribution in [3.63, 3.8) is 0 Å². The van der Waals surface area contributed by atoms with Crippen LogP contribution in [0.4, 0.5) is 5.69 Å². The van der Waals surface area contributed by atoms with E-state index in [0.717, 1.165) is 54.3 Å². The van der Waals surface area contributed by atoms with Gasteiger partial charge in [0.25, 0.3) is 5.56 Å². The molecule has 1 saturated heterocycles. The summed E-state index contributed by atoms with van der Waals surface area (Å²) in [6.45, 7) is 3.22. The highest BCUT2D eigenvalue weighted by atomic mass is 16.5. The number of aromatic amines is 1. The van der Waals surface area contributed by atoms with E-state index >= 15 is 0 Å². The normalized spacial score (nSPS) is 15.0. The quantitative estimate of drug-likeness (QED) is 0.606. The number of fused-ring (bicyclic) bond motifs is 3. The number of aromatic nitrogens is 3. The summed E-state index contributed by atoms with van der Waals surface area (Å²) in [6.07, 6.45) is 1.75. The van der Waals surface area contributed by atoms with Crippen LogP contribution < -0.4 is 10.5 Å². The molecule has 5 rings (SSSR count). The average Bonchev–Trinajstić information content (AvgIpc) is 3.06. The Bertz CT molecular complexity index is 1090. The standard InChI is InChI=1S/C20H18N4O2/c25-20-17-13-21-18-7-6-15(23-8-10-26-11-9-23)12-16(18)19(17)22-24(20)14-4-2-1-3-5-14/h1-7,12-13,21H,8-11H2. The van der Waals surface area contributed by atoms with Crippen molar-refractivity contribution in [1.82, 2.24) is 14.8 Å². The van der Waals surface area contributed by atoms with Crippen LogP contribution in [0.3, 0.4) is 0 Å². The van der Waals surface area contributed by atoms with Gasteiger partial charge in [-0.25, -0.2) is 0 Å². The largest absolute Gasteiger partial charge is 0.378 e. The molecule has 0 atom stereocenters. The molecule has 0 bridgehead atoms. The van der Waals surface area contributed by atoms with Crippen molar-refractivity contribution in [2.24, 2.45) is 0 Å². The molecule has 1 N–H and O–H groups in total. The molecule has 0 amide bonds. The Morgan fingerprint density at radius 1 is 1.00 bits per heavy atom. The molecule has 0 aliphatic carbocycles. The topological polar surface area (TPSA) is 63.1 Å². The van der Waals surface area contributed by atoms with Gasteiger partial charge in [-0.15, -0.1) is 0 Å². The van der Waals surface area contributed by atoms with E-state index < -0.39 is 0 Å². The summed E-state index contributed by atoms with van der Waals surface area (Å²) in [7, 11) is 0. The third kappa shape index (κ3) is 2.38. The van der Waals surface area contributed by atoms with Gasteiger partial charge in [0.05, 0.1) is 24.5 Å². The molecular formula is C20H18N4O2. The number of H-pyrrole nitrogens is 1. The van der Waals surface area contributed by atoms with Crippen LogP contribution in [0.25, 0.3) is 27.8 Å². The third-order valence-corrected chi connectivity index (χ3v) is 4.89. The summed E-state index contributed by atoms with van der Waals surface area (Å²) in [5.41, 5.74) is 4.08. The number of morpholine rings is 1. The highest BCUT2D eigenvalue weighted by molar-refractivity contribution is 5.95. The average molecular weight is 346 g/mol. The number of hydrogen-bond acceptors (Lipinski definition) is 4. The maximum atomic E-state index is 12.8. The van der Waals surface area contributed by atoms with Crippen molar-refractivity contribution >= 4 is 16.6 Å². The van der Waals surface area contributed by atoms with Crippen LogP contribution in [0.2, 0.25) is 0 Å². The summed E-state index contributed by atoms with van der Waals surface area (Å²) in [5.74, 6) is 0. The Labute approximate surface area is 150 Å². The van der Waals surface area contributed by atoms with Crippen LogP contribution in [-0.4, -0.2) is 41.1 Å². The monoisotopic (exact) mass is 346 g/mol. The van der Waals surface area contributed by atoms with E-state index in [0.29, 0.717) is 5.56 Å². The fraction of sp³-hybridized carbons (Fsp3) is 0.200. The third-order valence-electron chi connectivity index (χ3n) is 4.89. The van der Waals surface area contributed by atoms with Gasteiger partial charge in [-0.1, -0.05) is 18.2 Å². The Morgan fingerprint density at radius 2 is 1.81 bits per heavy atom. The molecule has 130 valence electrons. The summed E-state index contributed by atoms with van der Waals surface area (Å²) in [6, 6.07) is 15.8. The molecule has 2 aromatic carbocycles. The first-order chi connectivity index (χ1) is 12.8. The number of pyridine rings is 1. The summed E-state index contributed by atoms with van der Waals surface area (Å²) >= 11 is 0. The minimum atomic E-state index is -0.110. The highest BCUT2D eigenvalue weighted by Gasteiger charge is 2.20. The molecule has 26 heavy (non-hydrogen) atoms. The Hall–Kier alpha value is -3.12. The van der Waals surface area contributed by atoms with Crippen molar-refractivity contribution in [1.29, 1.82) is 0 Å². The van der Waals surface area contributed by atoms with Crippen LogP contribution in [0.1, 0.15) is 0 Å². The van der Waals surface area contributed by atoms with Crippen LogP contribution in [0.15, 0.2) is 59.5 Å². The fourth-order valence-electron chi connectivity index (χ4n) is 3.51. The van der Waals surface area contributed by atoms with E-state index in [1.807, 2.05) is 36.4 Å². The number of ether oxygens (including phenoxy) is 1. The number of anilines is 1. The lowest BCUT2D eigenvalue weighted by Crippen LogP contribution is -2.36. The molecule has 0 radical (unpaired) electrons.